The van der Waals surface area contributed by atoms with Crippen molar-refractivity contribution in [2.45, 2.75) is 32.9 Å². The summed E-state index contributed by atoms with van der Waals surface area (Å²) in [6.07, 6.45) is -0.166. The summed E-state index contributed by atoms with van der Waals surface area (Å²) < 4.78 is 6.04. The Morgan fingerprint density at radius 1 is 1.26 bits per heavy atom. The number of ether oxygens (including phenoxy) is 1. The minimum atomic E-state index is -0.166. The van der Waals surface area contributed by atoms with Gasteiger partial charge in [-0.15, -0.1) is 11.3 Å². The lowest BCUT2D eigenvalue weighted by Crippen LogP contribution is -2.28. The van der Waals surface area contributed by atoms with E-state index < -0.39 is 0 Å². The van der Waals surface area contributed by atoms with Crippen molar-refractivity contribution in [2.24, 2.45) is 5.73 Å². The van der Waals surface area contributed by atoms with E-state index in [0.717, 1.165) is 10.4 Å². The molecule has 2 N–H and O–H groups in total. The summed E-state index contributed by atoms with van der Waals surface area (Å²) in [5, 5.41) is 2.68. The zero-order chi connectivity index (χ0) is 14.0. The van der Waals surface area contributed by atoms with Crippen LogP contribution in [0.3, 0.4) is 0 Å². The van der Waals surface area contributed by atoms with Gasteiger partial charge >= 0.3 is 0 Å². The molecule has 19 heavy (non-hydrogen) atoms. The second-order valence-electron chi connectivity index (χ2n) is 4.80. The number of rotatable bonds is 4. The van der Waals surface area contributed by atoms with Gasteiger partial charge in [0.25, 0.3) is 0 Å². The van der Waals surface area contributed by atoms with Crippen LogP contribution < -0.4 is 10.5 Å². The van der Waals surface area contributed by atoms with Gasteiger partial charge in [-0.2, -0.15) is 0 Å². The third-order valence-corrected chi connectivity index (χ3v) is 4.35. The normalized spacial score (nSPS) is 14.2. The van der Waals surface area contributed by atoms with Gasteiger partial charge in [0, 0.05) is 10.9 Å². The van der Waals surface area contributed by atoms with Crippen molar-refractivity contribution in [1.29, 1.82) is 0 Å². The van der Waals surface area contributed by atoms with Gasteiger partial charge in [0.1, 0.15) is 11.9 Å². The third-order valence-electron chi connectivity index (χ3n) is 2.98. The van der Waals surface area contributed by atoms with Gasteiger partial charge in [-0.05, 0) is 55.5 Å². The molecule has 0 aliphatic rings. The lowest BCUT2D eigenvalue weighted by Gasteiger charge is -2.23. The summed E-state index contributed by atoms with van der Waals surface area (Å²) in [5.41, 5.74) is 8.38. The van der Waals surface area contributed by atoms with E-state index in [9.17, 15) is 0 Å². The Morgan fingerprint density at radius 3 is 2.53 bits per heavy atom. The second-order valence-corrected chi connectivity index (χ2v) is 6.15. The van der Waals surface area contributed by atoms with Crippen molar-refractivity contribution in [1.82, 2.24) is 0 Å². The molecule has 2 rings (SSSR count). The van der Waals surface area contributed by atoms with Crippen LogP contribution in [-0.4, -0.2) is 6.04 Å². The van der Waals surface area contributed by atoms with Crippen LogP contribution in [0.2, 0.25) is 5.02 Å². The maximum atomic E-state index is 6.22. The van der Waals surface area contributed by atoms with Gasteiger partial charge in [-0.3, -0.25) is 0 Å². The fraction of sp³-hybridized carbons (Fsp3) is 0.333. The van der Waals surface area contributed by atoms with E-state index in [1.807, 2.05) is 32.0 Å². The van der Waals surface area contributed by atoms with E-state index >= 15 is 0 Å². The molecule has 0 radical (unpaired) electrons. The highest BCUT2D eigenvalue weighted by Gasteiger charge is 2.22. The summed E-state index contributed by atoms with van der Waals surface area (Å²) in [6.45, 7) is 6.02. The molecule has 2 atom stereocenters. The van der Waals surface area contributed by atoms with Crippen LogP contribution >= 0.6 is 22.9 Å². The Labute approximate surface area is 123 Å². The predicted molar refractivity (Wildman–Crippen MR) is 82.3 cm³/mol. The first-order valence-corrected chi connectivity index (χ1v) is 7.47. The number of hydrogen-bond acceptors (Lipinski definition) is 3. The third kappa shape index (κ3) is 3.30. The molecule has 0 saturated heterocycles. The van der Waals surface area contributed by atoms with Crippen LogP contribution in [0.4, 0.5) is 0 Å². The molecule has 0 saturated carbocycles. The molecule has 1 aromatic carbocycles. The van der Waals surface area contributed by atoms with Gasteiger partial charge in [0.2, 0.25) is 0 Å². The molecule has 0 aliphatic heterocycles. The quantitative estimate of drug-likeness (QED) is 0.902. The van der Waals surface area contributed by atoms with Crippen molar-refractivity contribution < 1.29 is 4.74 Å². The van der Waals surface area contributed by atoms with Crippen LogP contribution in [0.1, 0.15) is 29.0 Å². The Bertz CT molecular complexity index is 565. The number of benzene rings is 1. The first-order valence-electron chi connectivity index (χ1n) is 6.21. The average Bonchev–Trinajstić information content (AvgIpc) is 2.74. The molecule has 0 fully saturated rings. The smallest absolute Gasteiger partial charge is 0.148 e. The molecule has 0 spiro atoms. The maximum Gasteiger partial charge on any atom is 0.148 e. The van der Waals surface area contributed by atoms with Gasteiger partial charge in [0.15, 0.2) is 0 Å². The van der Waals surface area contributed by atoms with Crippen LogP contribution in [0.25, 0.3) is 0 Å². The molecule has 0 bridgehead atoms. The van der Waals surface area contributed by atoms with Crippen molar-refractivity contribution in [3.05, 3.63) is 50.7 Å². The molecular formula is C15H18ClNOS. The Morgan fingerprint density at radius 2 is 2.00 bits per heavy atom. The minimum absolute atomic E-state index is 0.102. The van der Waals surface area contributed by atoms with E-state index in [0.29, 0.717) is 10.8 Å². The fourth-order valence-electron chi connectivity index (χ4n) is 1.91. The molecule has 2 nitrogen and oxygen atoms in total. The number of nitrogens with two attached hydrogens (primary N) is 1. The van der Waals surface area contributed by atoms with Crippen LogP contribution in [0.5, 0.6) is 5.75 Å². The van der Waals surface area contributed by atoms with Crippen LogP contribution in [0, 0.1) is 13.8 Å². The lowest BCUT2D eigenvalue weighted by molar-refractivity contribution is 0.183. The number of halogens is 1. The molecule has 1 heterocycles. The predicted octanol–water partition coefficient (Wildman–Crippen LogP) is 4.49. The Hall–Kier alpha value is -1.03. The molecule has 4 heteroatoms. The molecule has 2 unspecified atom stereocenters. The van der Waals surface area contributed by atoms with Crippen LogP contribution in [-0.2, 0) is 0 Å². The van der Waals surface area contributed by atoms with E-state index in [4.69, 9.17) is 22.1 Å². The molecule has 0 amide bonds. The highest BCUT2D eigenvalue weighted by molar-refractivity contribution is 7.10. The Kier molecular flexibility index (Phi) is 4.50. The van der Waals surface area contributed by atoms with Crippen molar-refractivity contribution >= 4 is 22.9 Å². The molecular weight excluding hydrogens is 278 g/mol. The van der Waals surface area contributed by atoms with E-state index in [-0.39, 0.29) is 12.1 Å². The fourth-order valence-corrected chi connectivity index (χ4v) is 3.26. The summed E-state index contributed by atoms with van der Waals surface area (Å²) in [7, 11) is 0. The number of aryl methyl sites for hydroxylation is 2. The minimum Gasteiger partial charge on any atom is -0.482 e. The monoisotopic (exact) mass is 295 g/mol. The summed E-state index contributed by atoms with van der Waals surface area (Å²) in [4.78, 5) is 1.16. The largest absolute Gasteiger partial charge is 0.482 e. The van der Waals surface area contributed by atoms with Gasteiger partial charge in [-0.1, -0.05) is 17.7 Å². The molecule has 2 aromatic rings. The first-order chi connectivity index (χ1) is 8.99. The van der Waals surface area contributed by atoms with Gasteiger partial charge in [0.05, 0.1) is 5.02 Å². The standard InChI is InChI=1S/C15H18ClNOS/c1-9-4-5-13(12(16)8-9)18-14(11(3)17)15-10(2)6-7-19-15/h4-8,11,14H,17H2,1-3H3. The lowest BCUT2D eigenvalue weighted by atomic mass is 10.1. The van der Waals surface area contributed by atoms with Gasteiger partial charge in [-0.25, -0.2) is 0 Å². The highest BCUT2D eigenvalue weighted by Crippen LogP contribution is 2.34. The maximum absolute atomic E-state index is 6.22. The topological polar surface area (TPSA) is 35.2 Å². The van der Waals surface area contributed by atoms with Crippen molar-refractivity contribution in [3.63, 3.8) is 0 Å². The summed E-state index contributed by atoms with van der Waals surface area (Å²) in [6, 6.07) is 7.76. The zero-order valence-corrected chi connectivity index (χ0v) is 12.9. The van der Waals surface area contributed by atoms with Crippen molar-refractivity contribution in [2.75, 3.05) is 0 Å². The zero-order valence-electron chi connectivity index (χ0n) is 11.3. The SMILES string of the molecule is Cc1ccc(OC(c2sccc2C)C(C)N)c(Cl)c1. The molecule has 102 valence electrons. The Balaban J connectivity index is 2.29. The molecule has 1 aromatic heterocycles. The van der Waals surface area contributed by atoms with E-state index in [1.54, 1.807) is 11.3 Å². The van der Waals surface area contributed by atoms with Crippen molar-refractivity contribution in [3.8, 4) is 5.75 Å². The number of thiophene rings is 1. The van der Waals surface area contributed by atoms with E-state index in [1.165, 1.54) is 5.56 Å². The second kappa shape index (κ2) is 5.95. The molecule has 0 aliphatic carbocycles. The van der Waals surface area contributed by atoms with Crippen LogP contribution in [0.15, 0.2) is 29.6 Å². The summed E-state index contributed by atoms with van der Waals surface area (Å²) in [5.74, 6) is 0.683. The van der Waals surface area contributed by atoms with Gasteiger partial charge < -0.3 is 10.5 Å². The first kappa shape index (κ1) is 14.4. The highest BCUT2D eigenvalue weighted by atomic mass is 35.5. The average molecular weight is 296 g/mol. The van der Waals surface area contributed by atoms with E-state index in [2.05, 4.69) is 18.4 Å². The number of hydrogen-bond donors (Lipinski definition) is 1. The summed E-state index contributed by atoms with van der Waals surface area (Å²) >= 11 is 7.88.